The predicted octanol–water partition coefficient (Wildman–Crippen LogP) is 16.5. The second-order valence-electron chi connectivity index (χ2n) is 18.4. The van der Waals surface area contributed by atoms with E-state index in [0.717, 1.165) is 96.3 Å². The zero-order chi connectivity index (χ0) is 52.7. The number of carbonyl (C=O) groups excluding carboxylic acids is 3. The average Bonchev–Trinajstić information content (AvgIpc) is 3.37. The maximum absolute atomic E-state index is 12.9. The van der Waals surface area contributed by atoms with Gasteiger partial charge < -0.3 is 24.2 Å². The summed E-state index contributed by atoms with van der Waals surface area (Å²) in [6, 6.07) is 0. The lowest BCUT2D eigenvalue weighted by Crippen LogP contribution is -2.30. The Bertz CT molecular complexity index is 1580. The number of esters is 3. The molecule has 3 unspecified atom stereocenters. The number of ether oxygens (including phenoxy) is 3. The molecule has 0 aromatic carbocycles. The van der Waals surface area contributed by atoms with Gasteiger partial charge in [-0.25, -0.2) is 4.57 Å². The van der Waals surface area contributed by atoms with E-state index in [1.807, 2.05) is 18.2 Å². The topological polar surface area (TPSA) is 155 Å². The molecule has 0 radical (unpaired) electrons. The van der Waals surface area contributed by atoms with Crippen LogP contribution in [0.15, 0.2) is 97.2 Å². The third kappa shape index (κ3) is 51.3. The largest absolute Gasteiger partial charge is 0.472 e. The van der Waals surface area contributed by atoms with Crippen LogP contribution in [0.25, 0.3) is 0 Å². The van der Waals surface area contributed by atoms with Gasteiger partial charge in [0.2, 0.25) is 0 Å². The van der Waals surface area contributed by atoms with Gasteiger partial charge in [-0.05, 0) is 96.3 Å². The summed E-state index contributed by atoms with van der Waals surface area (Å²) in [6.45, 7) is 4.33. The van der Waals surface area contributed by atoms with Crippen molar-refractivity contribution in [3.05, 3.63) is 97.2 Å². The van der Waals surface area contributed by atoms with E-state index < -0.39 is 57.8 Å². The van der Waals surface area contributed by atoms with Crippen molar-refractivity contribution in [2.24, 2.45) is 0 Å². The second-order valence-corrected chi connectivity index (χ2v) is 19.8. The lowest BCUT2D eigenvalue weighted by molar-refractivity contribution is -0.160. The highest BCUT2D eigenvalue weighted by molar-refractivity contribution is 7.47. The van der Waals surface area contributed by atoms with Crippen LogP contribution in [-0.2, 0) is 42.2 Å². The number of aliphatic hydroxyl groups is 1. The summed E-state index contributed by atoms with van der Waals surface area (Å²) in [6.07, 6.45) is 62.6. The minimum Gasteiger partial charge on any atom is -0.462 e. The molecule has 412 valence electrons. The minimum absolute atomic E-state index is 0.0691. The zero-order valence-electron chi connectivity index (χ0n) is 45.4. The number of aliphatic hydroxyl groups excluding tert-OH is 1. The molecule has 0 saturated carbocycles. The molecule has 2 N–H and O–H groups in total. The Hall–Kier alpha value is -3.60. The number of phosphoric ester groups is 1. The van der Waals surface area contributed by atoms with Crippen molar-refractivity contribution in [3.63, 3.8) is 0 Å². The fourth-order valence-corrected chi connectivity index (χ4v) is 7.99. The van der Waals surface area contributed by atoms with Gasteiger partial charge in [0.05, 0.1) is 26.2 Å². The summed E-state index contributed by atoms with van der Waals surface area (Å²) in [5.74, 6) is -1.64. The molecule has 12 heteroatoms. The SMILES string of the molecule is CC/C=C\C/C=C\C/C=C\C/C=C\C/C=C\CC(=O)OC(COC(=O)CCCCCCCCCCC/C=C\C/C=C\CCCCC)COP(=O)(O)OCC(CO)OC(=O)CCCCCCC/C=C\CCCC. The van der Waals surface area contributed by atoms with Crippen molar-refractivity contribution in [1.29, 1.82) is 0 Å². The molecule has 0 rings (SSSR count). The Kier molecular flexibility index (Phi) is 51.0. The summed E-state index contributed by atoms with van der Waals surface area (Å²) >= 11 is 0. The maximum atomic E-state index is 12.9. The molecule has 0 bridgehead atoms. The summed E-state index contributed by atoms with van der Waals surface area (Å²) in [4.78, 5) is 48.4. The highest BCUT2D eigenvalue weighted by Gasteiger charge is 2.28. The van der Waals surface area contributed by atoms with Crippen molar-refractivity contribution in [2.75, 3.05) is 26.4 Å². The van der Waals surface area contributed by atoms with E-state index in [1.54, 1.807) is 6.08 Å². The first-order valence-corrected chi connectivity index (χ1v) is 29.6. The van der Waals surface area contributed by atoms with E-state index in [4.69, 9.17) is 23.3 Å². The van der Waals surface area contributed by atoms with Crippen LogP contribution in [0.3, 0.4) is 0 Å². The molecular formula is C60H101O11P. The Morgan fingerprint density at radius 2 is 0.792 bits per heavy atom. The molecule has 0 saturated heterocycles. The molecular weight excluding hydrogens is 928 g/mol. The summed E-state index contributed by atoms with van der Waals surface area (Å²) < 4.78 is 39.3. The lowest BCUT2D eigenvalue weighted by atomic mass is 10.1. The van der Waals surface area contributed by atoms with Crippen molar-refractivity contribution in [1.82, 2.24) is 0 Å². The van der Waals surface area contributed by atoms with Crippen LogP contribution in [0.4, 0.5) is 0 Å². The fraction of sp³-hybridized carbons (Fsp3) is 0.683. The zero-order valence-corrected chi connectivity index (χ0v) is 46.3. The number of allylic oxidation sites excluding steroid dienone is 15. The molecule has 0 fully saturated rings. The van der Waals surface area contributed by atoms with Crippen LogP contribution < -0.4 is 0 Å². The van der Waals surface area contributed by atoms with E-state index in [2.05, 4.69) is 93.7 Å². The molecule has 3 atom stereocenters. The quantitative estimate of drug-likeness (QED) is 0.0197. The van der Waals surface area contributed by atoms with Crippen LogP contribution in [-0.4, -0.2) is 66.5 Å². The van der Waals surface area contributed by atoms with Gasteiger partial charge in [0.15, 0.2) is 6.10 Å². The van der Waals surface area contributed by atoms with Gasteiger partial charge in [-0.1, -0.05) is 208 Å². The van der Waals surface area contributed by atoms with E-state index in [1.165, 1.54) is 70.6 Å². The molecule has 72 heavy (non-hydrogen) atoms. The van der Waals surface area contributed by atoms with Gasteiger partial charge in [-0.3, -0.25) is 23.4 Å². The van der Waals surface area contributed by atoms with Gasteiger partial charge in [0.25, 0.3) is 0 Å². The van der Waals surface area contributed by atoms with Gasteiger partial charge in [0.1, 0.15) is 12.7 Å². The number of hydrogen-bond donors (Lipinski definition) is 2. The molecule has 0 heterocycles. The molecule has 0 aliphatic carbocycles. The van der Waals surface area contributed by atoms with Gasteiger partial charge in [0, 0.05) is 12.8 Å². The molecule has 11 nitrogen and oxygen atoms in total. The monoisotopic (exact) mass is 1030 g/mol. The number of hydrogen-bond acceptors (Lipinski definition) is 10. The van der Waals surface area contributed by atoms with Crippen molar-refractivity contribution in [2.45, 2.75) is 238 Å². The third-order valence-corrected chi connectivity index (χ3v) is 12.4. The van der Waals surface area contributed by atoms with Crippen LogP contribution in [0.5, 0.6) is 0 Å². The molecule has 0 aromatic rings. The van der Waals surface area contributed by atoms with Crippen LogP contribution >= 0.6 is 7.82 Å². The Morgan fingerprint density at radius 1 is 0.417 bits per heavy atom. The standard InChI is InChI=1S/C60H101O11P/c1-4-7-10-13-16-19-22-24-26-27-28-29-31-32-35-37-40-43-46-49-58(62)67-53-57(71-60(64)51-48-45-42-39-36-33-30-25-23-20-17-14-11-8-5-2)55-69-72(65,66)68-54-56(52-61)70-59(63)50-47-44-41-38-34-21-18-15-12-9-6-3/h8,11,15-20,24-26,30,36,39,45,48,56-57,61H,4-7,9-10,12-14,21-23,27-29,31-35,37-38,40-44,46-47,49-55H2,1-3H3,(H,65,66)/b11-8-,18-15-,19-16-,20-17-,26-24-,30-25-,39-36-,48-45-. The Morgan fingerprint density at radius 3 is 1.28 bits per heavy atom. The smallest absolute Gasteiger partial charge is 0.462 e. The van der Waals surface area contributed by atoms with E-state index in [0.29, 0.717) is 19.3 Å². The van der Waals surface area contributed by atoms with Gasteiger partial charge in [-0.2, -0.15) is 0 Å². The van der Waals surface area contributed by atoms with Crippen molar-refractivity contribution in [3.8, 4) is 0 Å². The normalized spacial score (nSPS) is 14.1. The predicted molar refractivity (Wildman–Crippen MR) is 297 cm³/mol. The van der Waals surface area contributed by atoms with E-state index >= 15 is 0 Å². The highest BCUT2D eigenvalue weighted by Crippen LogP contribution is 2.43. The number of unbranched alkanes of at least 4 members (excludes halogenated alkanes) is 19. The lowest BCUT2D eigenvalue weighted by Gasteiger charge is -2.21. The van der Waals surface area contributed by atoms with Crippen LogP contribution in [0, 0.1) is 0 Å². The van der Waals surface area contributed by atoms with E-state index in [9.17, 15) is 28.9 Å². The first kappa shape index (κ1) is 68.4. The molecule has 0 spiro atoms. The summed E-state index contributed by atoms with van der Waals surface area (Å²) in [7, 11) is -4.78. The van der Waals surface area contributed by atoms with Gasteiger partial charge >= 0.3 is 25.7 Å². The van der Waals surface area contributed by atoms with E-state index in [-0.39, 0.29) is 25.9 Å². The Labute approximate surface area is 438 Å². The van der Waals surface area contributed by atoms with Crippen LogP contribution in [0.2, 0.25) is 0 Å². The van der Waals surface area contributed by atoms with Crippen molar-refractivity contribution >= 4 is 25.7 Å². The van der Waals surface area contributed by atoms with Gasteiger partial charge in [-0.15, -0.1) is 0 Å². The third-order valence-electron chi connectivity index (χ3n) is 11.5. The molecule has 0 amide bonds. The number of rotatable bonds is 51. The fourth-order valence-electron chi connectivity index (χ4n) is 7.21. The molecule has 0 aliphatic rings. The summed E-state index contributed by atoms with van der Waals surface area (Å²) in [5, 5.41) is 9.78. The number of phosphoric acid groups is 1. The van der Waals surface area contributed by atoms with Crippen LogP contribution in [0.1, 0.15) is 226 Å². The average molecular weight is 1030 g/mol. The minimum atomic E-state index is -4.78. The first-order chi connectivity index (χ1) is 35.2. The first-order valence-electron chi connectivity index (χ1n) is 28.1. The second kappa shape index (κ2) is 53.7. The Balaban J connectivity index is 4.83. The maximum Gasteiger partial charge on any atom is 0.472 e. The highest BCUT2D eigenvalue weighted by atomic mass is 31.2. The molecule has 0 aromatic heterocycles. The molecule has 0 aliphatic heterocycles. The summed E-state index contributed by atoms with van der Waals surface area (Å²) in [5.41, 5.74) is 0. The van der Waals surface area contributed by atoms with Crippen molar-refractivity contribution < 1.29 is 52.2 Å². The number of carbonyl (C=O) groups is 3.